The van der Waals surface area contributed by atoms with E-state index in [1.807, 2.05) is 20.8 Å². The molecule has 6 nitrogen and oxygen atoms in total. The van der Waals surface area contributed by atoms with Crippen LogP contribution in [0.25, 0.3) is 0 Å². The van der Waals surface area contributed by atoms with E-state index in [0.29, 0.717) is 30.2 Å². The molecule has 2 aromatic carbocycles. The number of hydrogen-bond donors (Lipinski definition) is 1. The Hall–Kier alpha value is -3.02. The summed E-state index contributed by atoms with van der Waals surface area (Å²) in [5, 5.41) is 2.86. The summed E-state index contributed by atoms with van der Waals surface area (Å²) in [5.74, 6) is 0.491. The lowest BCUT2D eigenvalue weighted by molar-refractivity contribution is -0.116. The number of amides is 2. The van der Waals surface area contributed by atoms with Crippen LogP contribution >= 0.6 is 0 Å². The number of aryl methyl sites for hydroxylation is 3. The fraction of sp³-hybridized carbons (Fsp3) is 0.364. The van der Waals surface area contributed by atoms with E-state index in [0.717, 1.165) is 22.4 Å². The molecular formula is C22H28N2O4. The molecule has 2 amide bonds. The van der Waals surface area contributed by atoms with Crippen LogP contribution in [0.1, 0.15) is 34.0 Å². The minimum absolute atomic E-state index is 0.0702. The number of hydrogen-bond acceptors (Lipinski definition) is 4. The van der Waals surface area contributed by atoms with Gasteiger partial charge < -0.3 is 19.7 Å². The summed E-state index contributed by atoms with van der Waals surface area (Å²) < 4.78 is 10.6. The maximum Gasteiger partial charge on any atom is 0.258 e. The number of methoxy groups -OCH3 is 2. The fourth-order valence-electron chi connectivity index (χ4n) is 3.47. The van der Waals surface area contributed by atoms with Crippen LogP contribution in [0.4, 0.5) is 5.69 Å². The molecule has 0 aliphatic heterocycles. The maximum absolute atomic E-state index is 12.7. The van der Waals surface area contributed by atoms with Crippen molar-refractivity contribution in [2.24, 2.45) is 0 Å². The summed E-state index contributed by atoms with van der Waals surface area (Å²) in [5.41, 5.74) is 4.45. The Morgan fingerprint density at radius 3 is 2.00 bits per heavy atom. The van der Waals surface area contributed by atoms with E-state index in [1.165, 1.54) is 21.1 Å². The summed E-state index contributed by atoms with van der Waals surface area (Å²) >= 11 is 0. The first-order chi connectivity index (χ1) is 13.3. The van der Waals surface area contributed by atoms with Gasteiger partial charge in [-0.2, -0.15) is 0 Å². The largest absolute Gasteiger partial charge is 0.496 e. The van der Waals surface area contributed by atoms with E-state index in [9.17, 15) is 9.59 Å². The second-order valence-electron chi connectivity index (χ2n) is 6.71. The predicted octanol–water partition coefficient (Wildman–Crippen LogP) is 3.41. The number of carbonyl (C=O) groups is 2. The molecule has 0 heterocycles. The first kappa shape index (κ1) is 21.3. The zero-order chi connectivity index (χ0) is 20.8. The number of anilines is 1. The smallest absolute Gasteiger partial charge is 0.258 e. The van der Waals surface area contributed by atoms with Gasteiger partial charge in [-0.25, -0.2) is 0 Å². The average molecular weight is 384 g/mol. The van der Waals surface area contributed by atoms with Crippen molar-refractivity contribution < 1.29 is 19.1 Å². The van der Waals surface area contributed by atoms with Crippen LogP contribution in [-0.2, 0) is 4.79 Å². The van der Waals surface area contributed by atoms with Crippen LogP contribution in [0.3, 0.4) is 0 Å². The van der Waals surface area contributed by atoms with E-state index < -0.39 is 0 Å². The molecule has 0 bridgehead atoms. The van der Waals surface area contributed by atoms with Crippen molar-refractivity contribution in [2.75, 3.05) is 32.2 Å². The van der Waals surface area contributed by atoms with Crippen molar-refractivity contribution in [3.63, 3.8) is 0 Å². The van der Waals surface area contributed by atoms with Crippen molar-refractivity contribution in [2.45, 2.75) is 27.7 Å². The zero-order valence-corrected chi connectivity index (χ0v) is 17.4. The van der Waals surface area contributed by atoms with Crippen molar-refractivity contribution in [1.82, 2.24) is 5.32 Å². The molecule has 0 radical (unpaired) electrons. The number of rotatable bonds is 7. The van der Waals surface area contributed by atoms with Crippen LogP contribution in [0.2, 0.25) is 0 Å². The molecular weight excluding hydrogens is 356 g/mol. The highest BCUT2D eigenvalue weighted by molar-refractivity contribution is 6.00. The van der Waals surface area contributed by atoms with Crippen LogP contribution in [-0.4, -0.2) is 39.1 Å². The van der Waals surface area contributed by atoms with E-state index in [4.69, 9.17) is 9.47 Å². The molecule has 0 atom stereocenters. The molecule has 0 saturated heterocycles. The summed E-state index contributed by atoms with van der Waals surface area (Å²) in [6.45, 7) is 8.20. The third-order valence-electron chi connectivity index (χ3n) is 4.56. The maximum atomic E-state index is 12.7. The molecule has 28 heavy (non-hydrogen) atoms. The van der Waals surface area contributed by atoms with Gasteiger partial charge in [0, 0.05) is 25.7 Å². The zero-order valence-electron chi connectivity index (χ0n) is 17.4. The van der Waals surface area contributed by atoms with Gasteiger partial charge in [0.05, 0.1) is 14.2 Å². The third-order valence-corrected chi connectivity index (χ3v) is 4.56. The minimum Gasteiger partial charge on any atom is -0.496 e. The molecule has 2 rings (SSSR count). The highest BCUT2D eigenvalue weighted by Crippen LogP contribution is 2.28. The Labute approximate surface area is 166 Å². The van der Waals surface area contributed by atoms with Crippen LogP contribution < -0.4 is 19.7 Å². The van der Waals surface area contributed by atoms with Crippen LogP contribution in [0, 0.1) is 20.8 Å². The van der Waals surface area contributed by atoms with Gasteiger partial charge in [0.15, 0.2) is 0 Å². The summed E-state index contributed by atoms with van der Waals surface area (Å²) in [6, 6.07) is 9.28. The van der Waals surface area contributed by atoms with Gasteiger partial charge in [0.2, 0.25) is 5.91 Å². The highest BCUT2D eigenvalue weighted by Gasteiger charge is 2.20. The van der Waals surface area contributed by atoms with Crippen LogP contribution in [0.15, 0.2) is 30.3 Å². The normalized spacial score (nSPS) is 10.4. The molecule has 0 aromatic heterocycles. The Balaban J connectivity index is 2.17. The molecule has 0 saturated carbocycles. The van der Waals surface area contributed by atoms with E-state index in [1.54, 1.807) is 23.1 Å². The van der Waals surface area contributed by atoms with Crippen molar-refractivity contribution in [3.8, 4) is 11.5 Å². The molecule has 6 heteroatoms. The topological polar surface area (TPSA) is 67.9 Å². The Morgan fingerprint density at radius 2 is 1.54 bits per heavy atom. The monoisotopic (exact) mass is 384 g/mol. The molecule has 0 aliphatic rings. The van der Waals surface area contributed by atoms with Gasteiger partial charge >= 0.3 is 0 Å². The van der Waals surface area contributed by atoms with Crippen molar-refractivity contribution >= 4 is 17.5 Å². The molecule has 0 spiro atoms. The highest BCUT2D eigenvalue weighted by atomic mass is 16.5. The molecule has 0 fully saturated rings. The predicted molar refractivity (Wildman–Crippen MR) is 111 cm³/mol. The lowest BCUT2D eigenvalue weighted by atomic mass is 10.0. The number of nitrogens with one attached hydrogen (secondary N) is 1. The quantitative estimate of drug-likeness (QED) is 0.794. The Morgan fingerprint density at radius 1 is 1.00 bits per heavy atom. The standard InChI is InChI=1S/C22H28N2O4/c1-14-12-15(2)21(16(3)13-14)24(17(4)25)11-10-23-22(26)20-18(27-5)8-7-9-19(20)28-6/h7-9,12-13H,10-11H2,1-6H3,(H,23,26). The van der Waals surface area contributed by atoms with E-state index >= 15 is 0 Å². The summed E-state index contributed by atoms with van der Waals surface area (Å²) in [4.78, 5) is 26.6. The molecule has 2 aromatic rings. The molecule has 0 unspecified atom stereocenters. The number of benzene rings is 2. The van der Waals surface area contributed by atoms with Gasteiger partial charge in [0.25, 0.3) is 5.91 Å². The molecule has 150 valence electrons. The fourth-order valence-corrected chi connectivity index (χ4v) is 3.47. The van der Waals surface area contributed by atoms with Gasteiger partial charge in [-0.3, -0.25) is 9.59 Å². The second kappa shape index (κ2) is 9.26. The Kier molecular flexibility index (Phi) is 7.04. The number of ether oxygens (including phenoxy) is 2. The van der Waals surface area contributed by atoms with E-state index in [2.05, 4.69) is 17.4 Å². The molecule has 1 N–H and O–H groups in total. The number of nitrogens with zero attached hydrogens (tertiary/aromatic N) is 1. The Bertz CT molecular complexity index is 832. The third kappa shape index (κ3) is 4.63. The minimum atomic E-state index is -0.310. The van der Waals surface area contributed by atoms with E-state index in [-0.39, 0.29) is 11.8 Å². The summed E-state index contributed by atoms with van der Waals surface area (Å²) in [6.07, 6.45) is 0. The van der Waals surface area contributed by atoms with Crippen LogP contribution in [0.5, 0.6) is 11.5 Å². The number of carbonyl (C=O) groups excluding carboxylic acids is 2. The van der Waals surface area contributed by atoms with Crippen molar-refractivity contribution in [3.05, 3.63) is 52.6 Å². The second-order valence-corrected chi connectivity index (χ2v) is 6.71. The van der Waals surface area contributed by atoms with Gasteiger partial charge in [-0.1, -0.05) is 23.8 Å². The lowest BCUT2D eigenvalue weighted by Gasteiger charge is -2.26. The first-order valence-electron chi connectivity index (χ1n) is 9.15. The first-order valence-corrected chi connectivity index (χ1v) is 9.15. The van der Waals surface area contributed by atoms with Gasteiger partial charge in [-0.05, 0) is 44.0 Å². The van der Waals surface area contributed by atoms with Gasteiger partial charge in [0.1, 0.15) is 17.1 Å². The molecule has 0 aliphatic carbocycles. The average Bonchev–Trinajstić information content (AvgIpc) is 2.64. The SMILES string of the molecule is COc1cccc(OC)c1C(=O)NCCN(C(C)=O)c1c(C)cc(C)cc1C. The van der Waals surface area contributed by atoms with Crippen molar-refractivity contribution in [1.29, 1.82) is 0 Å². The van der Waals surface area contributed by atoms with Gasteiger partial charge in [-0.15, -0.1) is 0 Å². The summed E-state index contributed by atoms with van der Waals surface area (Å²) in [7, 11) is 3.01. The lowest BCUT2D eigenvalue weighted by Crippen LogP contribution is -2.38.